The van der Waals surface area contributed by atoms with E-state index in [0.29, 0.717) is 32.0 Å². The third-order valence-corrected chi connectivity index (χ3v) is 5.35. The van der Waals surface area contributed by atoms with Crippen molar-refractivity contribution in [3.8, 4) is 0 Å². The number of hydrogen-bond acceptors (Lipinski definition) is 4. The van der Waals surface area contributed by atoms with E-state index in [2.05, 4.69) is 6.92 Å². The smallest absolute Gasteiger partial charge is 0.214 e. The van der Waals surface area contributed by atoms with Crippen LogP contribution in [0.2, 0.25) is 0 Å². The van der Waals surface area contributed by atoms with E-state index in [-0.39, 0.29) is 11.8 Å². The highest BCUT2D eigenvalue weighted by Crippen LogP contribution is 2.21. The summed E-state index contributed by atoms with van der Waals surface area (Å²) >= 11 is 0. The van der Waals surface area contributed by atoms with Gasteiger partial charge >= 0.3 is 0 Å². The molecule has 5 nitrogen and oxygen atoms in total. The minimum atomic E-state index is -3.12. The normalized spacial score (nSPS) is 27.2. The average Bonchev–Trinajstić information content (AvgIpc) is 2.29. The van der Waals surface area contributed by atoms with E-state index in [9.17, 15) is 8.42 Å². The molecular weight excluding hydrogens is 240 g/mol. The van der Waals surface area contributed by atoms with Crippen LogP contribution in [0.1, 0.15) is 26.2 Å². The molecule has 2 atom stereocenters. The first-order chi connectivity index (χ1) is 8.01. The SMILES string of the molecule is CCC1CN(S(=O)(=O)CCCOC)CCC1N. The molecule has 0 aliphatic carbocycles. The molecule has 1 fully saturated rings. The van der Waals surface area contributed by atoms with Crippen LogP contribution in [0.4, 0.5) is 0 Å². The van der Waals surface area contributed by atoms with Crippen LogP contribution in [0, 0.1) is 5.92 Å². The first-order valence-corrected chi connectivity index (χ1v) is 7.84. The fourth-order valence-corrected chi connectivity index (χ4v) is 3.76. The van der Waals surface area contributed by atoms with Crippen molar-refractivity contribution < 1.29 is 13.2 Å². The highest BCUT2D eigenvalue weighted by molar-refractivity contribution is 7.89. The van der Waals surface area contributed by atoms with Gasteiger partial charge in [0.1, 0.15) is 0 Å². The quantitative estimate of drug-likeness (QED) is 0.705. The minimum absolute atomic E-state index is 0.144. The molecule has 1 rings (SSSR count). The number of ether oxygens (including phenoxy) is 1. The topological polar surface area (TPSA) is 72.6 Å². The molecular formula is C11H24N2O3S. The molecule has 0 bridgehead atoms. The third-order valence-electron chi connectivity index (χ3n) is 3.42. The summed E-state index contributed by atoms with van der Waals surface area (Å²) in [5, 5.41) is 0. The van der Waals surface area contributed by atoms with E-state index < -0.39 is 10.0 Å². The van der Waals surface area contributed by atoms with E-state index in [1.807, 2.05) is 0 Å². The van der Waals surface area contributed by atoms with Crippen LogP contribution in [0.5, 0.6) is 0 Å². The second kappa shape index (κ2) is 6.68. The minimum Gasteiger partial charge on any atom is -0.385 e. The Kier molecular flexibility index (Phi) is 5.85. The highest BCUT2D eigenvalue weighted by atomic mass is 32.2. The zero-order valence-electron chi connectivity index (χ0n) is 10.8. The van der Waals surface area contributed by atoms with Gasteiger partial charge in [0.15, 0.2) is 0 Å². The second-order valence-corrected chi connectivity index (χ2v) is 6.73. The molecule has 0 spiro atoms. The molecule has 0 aromatic carbocycles. The van der Waals surface area contributed by atoms with E-state index in [1.165, 1.54) is 0 Å². The van der Waals surface area contributed by atoms with E-state index in [0.717, 1.165) is 12.8 Å². The lowest BCUT2D eigenvalue weighted by Gasteiger charge is -2.35. The Hall–Kier alpha value is -0.170. The van der Waals surface area contributed by atoms with Gasteiger partial charge in [0.2, 0.25) is 10.0 Å². The molecule has 2 unspecified atom stereocenters. The van der Waals surface area contributed by atoms with Crippen molar-refractivity contribution in [3.63, 3.8) is 0 Å². The van der Waals surface area contributed by atoms with Crippen LogP contribution < -0.4 is 5.73 Å². The maximum atomic E-state index is 12.1. The van der Waals surface area contributed by atoms with Gasteiger partial charge in [-0.3, -0.25) is 0 Å². The summed E-state index contributed by atoms with van der Waals surface area (Å²) in [5.74, 6) is 0.466. The molecule has 0 saturated carbocycles. The number of nitrogens with two attached hydrogens (primary N) is 1. The van der Waals surface area contributed by atoms with Crippen LogP contribution in [0.3, 0.4) is 0 Å². The Bertz CT molecular complexity index is 319. The first kappa shape index (κ1) is 14.9. The van der Waals surface area contributed by atoms with Gasteiger partial charge in [-0.05, 0) is 18.8 Å². The van der Waals surface area contributed by atoms with Gasteiger partial charge in [-0.1, -0.05) is 13.3 Å². The van der Waals surface area contributed by atoms with Crippen LogP contribution in [-0.4, -0.2) is 51.3 Å². The predicted octanol–water partition coefficient (Wildman–Crippen LogP) is 0.412. The van der Waals surface area contributed by atoms with Gasteiger partial charge < -0.3 is 10.5 Å². The van der Waals surface area contributed by atoms with Crippen molar-refractivity contribution in [3.05, 3.63) is 0 Å². The fraction of sp³-hybridized carbons (Fsp3) is 1.00. The zero-order chi connectivity index (χ0) is 12.9. The number of hydrogen-bond donors (Lipinski definition) is 1. The third kappa shape index (κ3) is 4.21. The zero-order valence-corrected chi connectivity index (χ0v) is 11.6. The Balaban J connectivity index is 2.54. The number of methoxy groups -OCH3 is 1. The summed E-state index contributed by atoms with van der Waals surface area (Å²) < 4.78 is 30.6. The lowest BCUT2D eigenvalue weighted by Crippen LogP contribution is -2.49. The van der Waals surface area contributed by atoms with Crippen molar-refractivity contribution >= 4 is 10.0 Å². The van der Waals surface area contributed by atoms with Gasteiger partial charge in [-0.2, -0.15) is 0 Å². The molecule has 1 aliphatic rings. The maximum Gasteiger partial charge on any atom is 0.214 e. The van der Waals surface area contributed by atoms with Crippen LogP contribution in [0.15, 0.2) is 0 Å². The molecule has 17 heavy (non-hydrogen) atoms. The fourth-order valence-electron chi connectivity index (χ4n) is 2.22. The van der Waals surface area contributed by atoms with Crippen LogP contribution in [0.25, 0.3) is 0 Å². The molecule has 1 heterocycles. The van der Waals surface area contributed by atoms with Crippen molar-refractivity contribution in [2.75, 3.05) is 32.6 Å². The number of sulfonamides is 1. The second-order valence-electron chi connectivity index (χ2n) is 4.64. The van der Waals surface area contributed by atoms with Crippen molar-refractivity contribution in [1.82, 2.24) is 4.31 Å². The van der Waals surface area contributed by atoms with E-state index in [4.69, 9.17) is 10.5 Å². The molecule has 0 aromatic rings. The van der Waals surface area contributed by atoms with Gasteiger partial charge in [0.05, 0.1) is 5.75 Å². The Labute approximate surface area is 104 Å². The van der Waals surface area contributed by atoms with Crippen LogP contribution >= 0.6 is 0 Å². The van der Waals surface area contributed by atoms with Gasteiger partial charge in [0.25, 0.3) is 0 Å². The maximum absolute atomic E-state index is 12.1. The monoisotopic (exact) mass is 264 g/mol. The summed E-state index contributed by atoms with van der Waals surface area (Å²) in [6.45, 7) is 3.69. The summed E-state index contributed by atoms with van der Waals surface area (Å²) in [6.07, 6.45) is 2.26. The van der Waals surface area contributed by atoms with Crippen LogP contribution in [-0.2, 0) is 14.8 Å². The van der Waals surface area contributed by atoms with Crippen molar-refractivity contribution in [2.24, 2.45) is 11.7 Å². The van der Waals surface area contributed by atoms with E-state index in [1.54, 1.807) is 11.4 Å². The van der Waals surface area contributed by atoms with Gasteiger partial charge in [0, 0.05) is 32.8 Å². The van der Waals surface area contributed by atoms with E-state index >= 15 is 0 Å². The number of piperidine rings is 1. The van der Waals surface area contributed by atoms with Crippen molar-refractivity contribution in [1.29, 1.82) is 0 Å². The summed E-state index contributed by atoms with van der Waals surface area (Å²) in [7, 11) is -1.54. The number of rotatable bonds is 6. The lowest BCUT2D eigenvalue weighted by molar-refractivity contribution is 0.197. The Morgan fingerprint density at radius 2 is 2.18 bits per heavy atom. The predicted molar refractivity (Wildman–Crippen MR) is 68.2 cm³/mol. The van der Waals surface area contributed by atoms with Crippen molar-refractivity contribution in [2.45, 2.75) is 32.2 Å². The Morgan fingerprint density at radius 3 is 2.76 bits per heavy atom. The standard InChI is InChI=1S/C11H24N2O3S/c1-3-10-9-13(6-5-11(10)12)17(14,15)8-4-7-16-2/h10-11H,3-9,12H2,1-2H3. The molecule has 0 amide bonds. The largest absolute Gasteiger partial charge is 0.385 e. The first-order valence-electron chi connectivity index (χ1n) is 6.23. The van der Waals surface area contributed by atoms with Gasteiger partial charge in [-0.15, -0.1) is 0 Å². The number of nitrogens with zero attached hydrogens (tertiary/aromatic N) is 1. The van der Waals surface area contributed by atoms with Gasteiger partial charge in [-0.25, -0.2) is 12.7 Å². The molecule has 102 valence electrons. The molecule has 1 aliphatic heterocycles. The average molecular weight is 264 g/mol. The summed E-state index contributed by atoms with van der Waals surface area (Å²) in [5.41, 5.74) is 5.98. The molecule has 0 aromatic heterocycles. The summed E-state index contributed by atoms with van der Waals surface area (Å²) in [4.78, 5) is 0. The highest BCUT2D eigenvalue weighted by Gasteiger charge is 2.31. The molecule has 1 saturated heterocycles. The molecule has 6 heteroatoms. The Morgan fingerprint density at radius 1 is 1.47 bits per heavy atom. The molecule has 2 N–H and O–H groups in total. The summed E-state index contributed by atoms with van der Waals surface area (Å²) in [6, 6.07) is 0.144. The molecule has 0 radical (unpaired) electrons. The lowest BCUT2D eigenvalue weighted by atomic mass is 9.92.